The minimum atomic E-state index is -0.608. The Kier molecular flexibility index (Phi) is 3.56. The first-order valence-electron chi connectivity index (χ1n) is 5.59. The smallest absolute Gasteiger partial charge is 0.0670 e. The zero-order valence-corrected chi connectivity index (χ0v) is 10.2. The van der Waals surface area contributed by atoms with Gasteiger partial charge in [-0.05, 0) is 30.7 Å². The van der Waals surface area contributed by atoms with Crippen LogP contribution in [-0.2, 0) is 6.42 Å². The van der Waals surface area contributed by atoms with Crippen LogP contribution in [0.25, 0.3) is 0 Å². The van der Waals surface area contributed by atoms with Gasteiger partial charge in [-0.15, -0.1) is 0 Å². The van der Waals surface area contributed by atoms with E-state index < -0.39 is 5.60 Å². The minimum Gasteiger partial charge on any atom is -0.390 e. The third-order valence-corrected chi connectivity index (χ3v) is 3.36. The van der Waals surface area contributed by atoms with Gasteiger partial charge in [0.25, 0.3) is 0 Å². The van der Waals surface area contributed by atoms with Crippen molar-refractivity contribution in [3.8, 4) is 0 Å². The molecule has 0 aliphatic carbocycles. The molecule has 84 valence electrons. The predicted molar refractivity (Wildman–Crippen MR) is 64.8 cm³/mol. The second-order valence-electron chi connectivity index (χ2n) is 5.51. The molecular weight excluding hydrogens is 184 g/mol. The molecule has 1 unspecified atom stereocenters. The van der Waals surface area contributed by atoms with Crippen molar-refractivity contribution in [2.24, 2.45) is 5.41 Å². The van der Waals surface area contributed by atoms with Crippen LogP contribution in [0, 0.1) is 5.41 Å². The van der Waals surface area contributed by atoms with Crippen LogP contribution in [0.5, 0.6) is 0 Å². The predicted octanol–water partition coefficient (Wildman–Crippen LogP) is 3.42. The van der Waals surface area contributed by atoms with E-state index in [4.69, 9.17) is 0 Å². The third-order valence-electron chi connectivity index (χ3n) is 3.36. The number of benzene rings is 1. The molecule has 1 aromatic carbocycles. The van der Waals surface area contributed by atoms with Crippen molar-refractivity contribution in [3.63, 3.8) is 0 Å². The fourth-order valence-corrected chi connectivity index (χ4v) is 1.41. The number of rotatable bonds is 3. The molecule has 1 rings (SSSR count). The van der Waals surface area contributed by atoms with Crippen LogP contribution in [0.2, 0.25) is 0 Å². The topological polar surface area (TPSA) is 20.2 Å². The van der Waals surface area contributed by atoms with Crippen molar-refractivity contribution in [1.29, 1.82) is 0 Å². The molecular formula is C14H22O. The molecule has 1 nitrogen and oxygen atoms in total. The van der Waals surface area contributed by atoms with E-state index in [-0.39, 0.29) is 5.41 Å². The van der Waals surface area contributed by atoms with Gasteiger partial charge < -0.3 is 5.11 Å². The van der Waals surface area contributed by atoms with Gasteiger partial charge in [-0.2, -0.15) is 0 Å². The largest absolute Gasteiger partial charge is 0.390 e. The summed E-state index contributed by atoms with van der Waals surface area (Å²) in [5.41, 5.74) is 0.618. The van der Waals surface area contributed by atoms with Crippen molar-refractivity contribution in [1.82, 2.24) is 0 Å². The summed E-state index contributed by atoms with van der Waals surface area (Å²) in [6, 6.07) is 10.3. The molecule has 0 aliphatic rings. The Balaban J connectivity index is 2.58. The zero-order valence-electron chi connectivity index (χ0n) is 10.2. The first kappa shape index (κ1) is 12.3. The van der Waals surface area contributed by atoms with Gasteiger partial charge in [0, 0.05) is 0 Å². The van der Waals surface area contributed by atoms with Crippen molar-refractivity contribution < 1.29 is 5.11 Å². The van der Waals surface area contributed by atoms with Crippen LogP contribution in [0.15, 0.2) is 30.3 Å². The summed E-state index contributed by atoms with van der Waals surface area (Å²) in [5, 5.41) is 10.3. The summed E-state index contributed by atoms with van der Waals surface area (Å²) >= 11 is 0. The Morgan fingerprint density at radius 3 is 2.00 bits per heavy atom. The molecule has 1 heteroatoms. The highest BCUT2D eigenvalue weighted by Gasteiger charge is 2.34. The normalized spacial score (nSPS) is 16.1. The highest BCUT2D eigenvalue weighted by molar-refractivity contribution is 5.15. The fraction of sp³-hybridized carbons (Fsp3) is 0.571. The Morgan fingerprint density at radius 2 is 1.53 bits per heavy atom. The Bertz CT molecular complexity index is 293. The first-order valence-corrected chi connectivity index (χ1v) is 5.59. The molecule has 1 N–H and O–H groups in total. The van der Waals surface area contributed by atoms with Crippen LogP contribution in [0.1, 0.15) is 39.7 Å². The van der Waals surface area contributed by atoms with E-state index in [1.54, 1.807) is 0 Å². The van der Waals surface area contributed by atoms with Gasteiger partial charge in [-0.1, -0.05) is 51.1 Å². The lowest BCUT2D eigenvalue weighted by Gasteiger charge is -2.37. The maximum Gasteiger partial charge on any atom is 0.0670 e. The second-order valence-corrected chi connectivity index (χ2v) is 5.51. The van der Waals surface area contributed by atoms with E-state index in [2.05, 4.69) is 32.9 Å². The Morgan fingerprint density at radius 1 is 1.00 bits per heavy atom. The minimum absolute atomic E-state index is 0.0677. The van der Waals surface area contributed by atoms with Crippen LogP contribution in [-0.4, -0.2) is 10.7 Å². The van der Waals surface area contributed by atoms with Gasteiger partial charge in [-0.25, -0.2) is 0 Å². The lowest BCUT2D eigenvalue weighted by Crippen LogP contribution is -2.40. The third kappa shape index (κ3) is 3.35. The summed E-state index contributed by atoms with van der Waals surface area (Å²) in [7, 11) is 0. The van der Waals surface area contributed by atoms with Crippen LogP contribution in [0.3, 0.4) is 0 Å². The molecule has 0 fully saturated rings. The van der Waals surface area contributed by atoms with Gasteiger partial charge in [0.2, 0.25) is 0 Å². The zero-order chi connectivity index (χ0) is 11.5. The van der Waals surface area contributed by atoms with E-state index in [0.29, 0.717) is 0 Å². The van der Waals surface area contributed by atoms with Gasteiger partial charge in [-0.3, -0.25) is 0 Å². The highest BCUT2D eigenvalue weighted by atomic mass is 16.3. The molecule has 0 saturated carbocycles. The summed E-state index contributed by atoms with van der Waals surface area (Å²) in [6.07, 6.45) is 1.74. The lowest BCUT2D eigenvalue weighted by atomic mass is 9.75. The van der Waals surface area contributed by atoms with Gasteiger partial charge in [0.1, 0.15) is 0 Å². The average Bonchev–Trinajstić information content (AvgIpc) is 2.15. The molecule has 1 atom stereocenters. The highest BCUT2D eigenvalue weighted by Crippen LogP contribution is 2.33. The molecule has 1 aromatic rings. The van der Waals surface area contributed by atoms with Gasteiger partial charge in [0.15, 0.2) is 0 Å². The van der Waals surface area contributed by atoms with Gasteiger partial charge >= 0.3 is 0 Å². The summed E-state index contributed by atoms with van der Waals surface area (Å²) in [6.45, 7) is 8.17. The van der Waals surface area contributed by atoms with E-state index in [1.165, 1.54) is 5.56 Å². The molecule has 0 aliphatic heterocycles. The van der Waals surface area contributed by atoms with Crippen molar-refractivity contribution in [2.45, 2.75) is 46.1 Å². The maximum atomic E-state index is 10.3. The summed E-state index contributed by atoms with van der Waals surface area (Å²) in [5.74, 6) is 0. The van der Waals surface area contributed by atoms with Crippen molar-refractivity contribution in [3.05, 3.63) is 35.9 Å². The van der Waals surface area contributed by atoms with Crippen LogP contribution < -0.4 is 0 Å². The molecule has 0 amide bonds. The summed E-state index contributed by atoms with van der Waals surface area (Å²) in [4.78, 5) is 0. The molecule has 0 saturated heterocycles. The van der Waals surface area contributed by atoms with Crippen LogP contribution >= 0.6 is 0 Å². The number of aliphatic hydroxyl groups is 1. The van der Waals surface area contributed by atoms with Crippen molar-refractivity contribution in [2.75, 3.05) is 0 Å². The summed E-state index contributed by atoms with van der Waals surface area (Å²) < 4.78 is 0. The van der Waals surface area contributed by atoms with Crippen molar-refractivity contribution >= 4 is 0 Å². The number of aryl methyl sites for hydroxylation is 1. The molecule has 15 heavy (non-hydrogen) atoms. The molecule has 0 spiro atoms. The lowest BCUT2D eigenvalue weighted by molar-refractivity contribution is -0.0476. The Labute approximate surface area is 93.1 Å². The van der Waals surface area contributed by atoms with E-state index in [1.807, 2.05) is 25.1 Å². The number of hydrogen-bond acceptors (Lipinski definition) is 1. The quantitative estimate of drug-likeness (QED) is 0.803. The molecule has 0 bridgehead atoms. The van der Waals surface area contributed by atoms with Crippen LogP contribution in [0.4, 0.5) is 0 Å². The fourth-order valence-electron chi connectivity index (χ4n) is 1.41. The van der Waals surface area contributed by atoms with E-state index in [9.17, 15) is 5.11 Å². The molecule has 0 radical (unpaired) electrons. The monoisotopic (exact) mass is 206 g/mol. The standard InChI is InChI=1S/C14H22O/c1-13(2,3)14(4,15)11-10-12-8-6-5-7-9-12/h5-9,15H,10-11H2,1-4H3. The van der Waals surface area contributed by atoms with E-state index in [0.717, 1.165) is 12.8 Å². The first-order chi connectivity index (χ1) is 6.83. The van der Waals surface area contributed by atoms with E-state index >= 15 is 0 Å². The SMILES string of the molecule is CC(C)(C)C(C)(O)CCc1ccccc1. The molecule has 0 heterocycles. The number of hydrogen-bond donors (Lipinski definition) is 1. The molecule has 0 aromatic heterocycles. The second kappa shape index (κ2) is 4.36. The maximum absolute atomic E-state index is 10.3. The Hall–Kier alpha value is -0.820. The average molecular weight is 206 g/mol. The van der Waals surface area contributed by atoms with Gasteiger partial charge in [0.05, 0.1) is 5.60 Å².